The Bertz CT molecular complexity index is 125. The van der Waals surface area contributed by atoms with Crippen LogP contribution in [0, 0.1) is 0 Å². The molecule has 0 bridgehead atoms. The van der Waals surface area contributed by atoms with E-state index in [2.05, 4.69) is 5.32 Å². The first-order valence-electron chi connectivity index (χ1n) is 4.04. The number of carbonyl (C=O) groups is 1. The van der Waals surface area contributed by atoms with Crippen molar-refractivity contribution in [1.82, 2.24) is 5.32 Å². The van der Waals surface area contributed by atoms with Gasteiger partial charge in [-0.1, -0.05) is 0 Å². The van der Waals surface area contributed by atoms with Crippen LogP contribution in [-0.4, -0.2) is 36.9 Å². The van der Waals surface area contributed by atoms with E-state index in [0.717, 1.165) is 0 Å². The molecule has 72 valence electrons. The Morgan fingerprint density at radius 2 is 2.25 bits per heavy atom. The quantitative estimate of drug-likeness (QED) is 0.420. The highest BCUT2D eigenvalue weighted by Gasteiger charge is 2.16. The molecule has 0 aliphatic carbocycles. The Morgan fingerprint density at radius 3 is 2.75 bits per heavy atom. The van der Waals surface area contributed by atoms with Gasteiger partial charge in [-0.2, -0.15) is 0 Å². The van der Waals surface area contributed by atoms with E-state index in [1.54, 1.807) is 0 Å². The molecular formula is C8H17NO3. The monoisotopic (exact) mass is 175 g/mol. The molecule has 0 saturated carbocycles. The average Bonchev–Trinajstić information content (AvgIpc) is 1.98. The lowest BCUT2D eigenvalue weighted by molar-refractivity contribution is -0.110. The SMILES string of the molecule is CC(C)(CCO)OCCNC=O. The minimum Gasteiger partial charge on any atom is -0.396 e. The summed E-state index contributed by atoms with van der Waals surface area (Å²) in [7, 11) is 0. The molecule has 0 aromatic carbocycles. The Hall–Kier alpha value is -0.610. The van der Waals surface area contributed by atoms with E-state index in [9.17, 15) is 4.79 Å². The lowest BCUT2D eigenvalue weighted by Crippen LogP contribution is -2.29. The molecule has 0 fully saturated rings. The highest BCUT2D eigenvalue weighted by atomic mass is 16.5. The molecule has 0 radical (unpaired) electrons. The van der Waals surface area contributed by atoms with Crippen LogP contribution in [0.5, 0.6) is 0 Å². The van der Waals surface area contributed by atoms with Crippen molar-refractivity contribution in [3.63, 3.8) is 0 Å². The zero-order valence-electron chi connectivity index (χ0n) is 7.67. The summed E-state index contributed by atoms with van der Waals surface area (Å²) in [5.41, 5.74) is -0.306. The standard InChI is InChI=1S/C8H17NO3/c1-8(2,3-5-10)12-6-4-9-7-11/h7,10H,3-6H2,1-2H3,(H,9,11). The maximum atomic E-state index is 9.85. The zero-order valence-corrected chi connectivity index (χ0v) is 7.67. The van der Waals surface area contributed by atoms with E-state index in [0.29, 0.717) is 26.0 Å². The molecule has 4 nitrogen and oxygen atoms in total. The fourth-order valence-electron chi connectivity index (χ4n) is 0.787. The van der Waals surface area contributed by atoms with E-state index in [-0.39, 0.29) is 12.2 Å². The zero-order chi connectivity index (χ0) is 9.45. The predicted molar refractivity (Wildman–Crippen MR) is 45.8 cm³/mol. The van der Waals surface area contributed by atoms with Crippen molar-refractivity contribution in [3.8, 4) is 0 Å². The van der Waals surface area contributed by atoms with Gasteiger partial charge in [0, 0.05) is 13.2 Å². The molecule has 12 heavy (non-hydrogen) atoms. The number of rotatable bonds is 7. The lowest BCUT2D eigenvalue weighted by Gasteiger charge is -2.24. The van der Waals surface area contributed by atoms with Crippen molar-refractivity contribution in [1.29, 1.82) is 0 Å². The first-order valence-corrected chi connectivity index (χ1v) is 4.04. The third-order valence-corrected chi connectivity index (χ3v) is 1.54. The van der Waals surface area contributed by atoms with E-state index in [1.807, 2.05) is 13.8 Å². The van der Waals surface area contributed by atoms with Crippen LogP contribution >= 0.6 is 0 Å². The van der Waals surface area contributed by atoms with Gasteiger partial charge in [-0.3, -0.25) is 4.79 Å². The van der Waals surface area contributed by atoms with Crippen molar-refractivity contribution in [2.45, 2.75) is 25.9 Å². The number of aliphatic hydroxyl groups excluding tert-OH is 1. The summed E-state index contributed by atoms with van der Waals surface area (Å²) in [5.74, 6) is 0. The lowest BCUT2D eigenvalue weighted by atomic mass is 10.1. The molecular weight excluding hydrogens is 158 g/mol. The van der Waals surface area contributed by atoms with E-state index in [1.165, 1.54) is 0 Å². The Balaban J connectivity index is 3.39. The Kier molecular flexibility index (Phi) is 5.66. The van der Waals surface area contributed by atoms with Crippen LogP contribution in [0.1, 0.15) is 20.3 Å². The normalized spacial score (nSPS) is 11.2. The molecule has 0 spiro atoms. The third-order valence-electron chi connectivity index (χ3n) is 1.54. The second kappa shape index (κ2) is 5.97. The van der Waals surface area contributed by atoms with Gasteiger partial charge in [0.15, 0.2) is 0 Å². The number of amides is 1. The van der Waals surface area contributed by atoms with Gasteiger partial charge in [0.05, 0.1) is 12.2 Å². The number of aliphatic hydroxyl groups is 1. The van der Waals surface area contributed by atoms with Gasteiger partial charge in [-0.05, 0) is 20.3 Å². The summed E-state index contributed by atoms with van der Waals surface area (Å²) in [6.07, 6.45) is 1.25. The summed E-state index contributed by atoms with van der Waals surface area (Å²) >= 11 is 0. The summed E-state index contributed by atoms with van der Waals surface area (Å²) in [5, 5.41) is 11.1. The molecule has 0 aromatic heterocycles. The second-order valence-corrected chi connectivity index (χ2v) is 3.15. The maximum Gasteiger partial charge on any atom is 0.207 e. The van der Waals surface area contributed by atoms with Crippen molar-refractivity contribution in [2.75, 3.05) is 19.8 Å². The number of ether oxygens (including phenoxy) is 1. The Morgan fingerprint density at radius 1 is 1.58 bits per heavy atom. The molecule has 4 heteroatoms. The fourth-order valence-corrected chi connectivity index (χ4v) is 0.787. The summed E-state index contributed by atoms with van der Waals surface area (Å²) in [6, 6.07) is 0. The number of hydrogen-bond donors (Lipinski definition) is 2. The molecule has 0 saturated heterocycles. The van der Waals surface area contributed by atoms with Crippen LogP contribution in [0.25, 0.3) is 0 Å². The van der Waals surface area contributed by atoms with Crippen LogP contribution in [-0.2, 0) is 9.53 Å². The van der Waals surface area contributed by atoms with Gasteiger partial charge in [-0.15, -0.1) is 0 Å². The number of hydrogen-bond acceptors (Lipinski definition) is 3. The smallest absolute Gasteiger partial charge is 0.207 e. The molecule has 0 aliphatic rings. The second-order valence-electron chi connectivity index (χ2n) is 3.15. The van der Waals surface area contributed by atoms with E-state index >= 15 is 0 Å². The largest absolute Gasteiger partial charge is 0.396 e. The van der Waals surface area contributed by atoms with Crippen LogP contribution in [0.15, 0.2) is 0 Å². The highest BCUT2D eigenvalue weighted by Crippen LogP contribution is 2.12. The summed E-state index contributed by atoms with van der Waals surface area (Å²) < 4.78 is 5.39. The molecule has 0 unspecified atom stereocenters. The van der Waals surface area contributed by atoms with Gasteiger partial charge in [0.1, 0.15) is 0 Å². The third kappa shape index (κ3) is 6.12. The number of nitrogens with one attached hydrogen (secondary N) is 1. The predicted octanol–water partition coefficient (Wildman–Crippen LogP) is -0.0900. The molecule has 0 atom stereocenters. The minimum atomic E-state index is -0.306. The molecule has 0 aliphatic heterocycles. The molecule has 0 aromatic rings. The van der Waals surface area contributed by atoms with Crippen molar-refractivity contribution >= 4 is 6.41 Å². The topological polar surface area (TPSA) is 58.6 Å². The maximum absolute atomic E-state index is 9.85. The van der Waals surface area contributed by atoms with Gasteiger partial charge >= 0.3 is 0 Å². The van der Waals surface area contributed by atoms with Crippen LogP contribution in [0.4, 0.5) is 0 Å². The first-order chi connectivity index (χ1) is 5.62. The van der Waals surface area contributed by atoms with Crippen LogP contribution < -0.4 is 5.32 Å². The molecule has 1 amide bonds. The molecule has 0 heterocycles. The summed E-state index contributed by atoms with van der Waals surface area (Å²) in [6.45, 7) is 4.92. The van der Waals surface area contributed by atoms with E-state index < -0.39 is 0 Å². The first kappa shape index (κ1) is 11.4. The van der Waals surface area contributed by atoms with E-state index in [4.69, 9.17) is 9.84 Å². The minimum absolute atomic E-state index is 0.119. The van der Waals surface area contributed by atoms with Crippen molar-refractivity contribution in [3.05, 3.63) is 0 Å². The van der Waals surface area contributed by atoms with Crippen molar-refractivity contribution < 1.29 is 14.6 Å². The average molecular weight is 175 g/mol. The van der Waals surface area contributed by atoms with Gasteiger partial charge < -0.3 is 15.2 Å². The van der Waals surface area contributed by atoms with Crippen molar-refractivity contribution in [2.24, 2.45) is 0 Å². The molecule has 2 N–H and O–H groups in total. The van der Waals surface area contributed by atoms with Gasteiger partial charge in [-0.25, -0.2) is 0 Å². The fraction of sp³-hybridized carbons (Fsp3) is 0.875. The Labute approximate surface area is 72.9 Å². The van der Waals surface area contributed by atoms with Gasteiger partial charge in [0.25, 0.3) is 0 Å². The van der Waals surface area contributed by atoms with Crippen LogP contribution in [0.2, 0.25) is 0 Å². The molecule has 0 rings (SSSR count). The van der Waals surface area contributed by atoms with Gasteiger partial charge in [0.2, 0.25) is 6.41 Å². The van der Waals surface area contributed by atoms with Crippen LogP contribution in [0.3, 0.4) is 0 Å². The number of carbonyl (C=O) groups excluding carboxylic acids is 1. The summed E-state index contributed by atoms with van der Waals surface area (Å²) in [4.78, 5) is 9.85. The highest BCUT2D eigenvalue weighted by molar-refractivity contribution is 5.45.